The number of amides is 1. The number of nitrogens with zero attached hydrogens (tertiary/aromatic N) is 2. The van der Waals surface area contributed by atoms with Gasteiger partial charge in [-0.3, -0.25) is 9.78 Å². The molecule has 1 saturated carbocycles. The molecule has 2 saturated heterocycles. The first-order valence-electron chi connectivity index (χ1n) is 8.71. The Bertz CT molecular complexity index is 551. The smallest absolute Gasteiger partial charge is 0.222 e. The van der Waals surface area contributed by atoms with E-state index in [2.05, 4.69) is 4.98 Å². The van der Waals surface area contributed by atoms with Gasteiger partial charge in [0.05, 0.1) is 18.4 Å². The van der Waals surface area contributed by atoms with Crippen molar-refractivity contribution in [3.05, 3.63) is 24.5 Å². The Balaban J connectivity index is 1.28. The monoisotopic (exact) mass is 316 g/mol. The summed E-state index contributed by atoms with van der Waals surface area (Å²) in [7, 11) is 0. The third-order valence-corrected chi connectivity index (χ3v) is 5.30. The van der Waals surface area contributed by atoms with Crippen LogP contribution in [-0.4, -0.2) is 47.2 Å². The topological polar surface area (TPSA) is 51.7 Å². The van der Waals surface area contributed by atoms with Crippen LogP contribution in [0.2, 0.25) is 0 Å². The molecule has 0 unspecified atom stereocenters. The summed E-state index contributed by atoms with van der Waals surface area (Å²) in [5, 5.41) is 0. The summed E-state index contributed by atoms with van der Waals surface area (Å²) >= 11 is 0. The zero-order valence-electron chi connectivity index (χ0n) is 13.4. The van der Waals surface area contributed by atoms with Gasteiger partial charge in [-0.15, -0.1) is 0 Å². The van der Waals surface area contributed by atoms with Crippen molar-refractivity contribution in [3.8, 4) is 5.75 Å². The molecule has 1 aromatic rings. The standard InChI is InChI=1S/C18H24N2O3/c21-17(10-14-3-4-14)20-8-5-18(6-9-20)11-16(13-22-18)23-15-2-1-7-19-12-15/h1-2,7,12,14,16H,3-6,8-11,13H2/t16-/m1/s1. The zero-order valence-corrected chi connectivity index (χ0v) is 13.4. The molecular formula is C18H24N2O3. The Kier molecular flexibility index (Phi) is 3.97. The van der Waals surface area contributed by atoms with Gasteiger partial charge in [0.25, 0.3) is 0 Å². The van der Waals surface area contributed by atoms with Crippen LogP contribution in [0.1, 0.15) is 38.5 Å². The van der Waals surface area contributed by atoms with Crippen molar-refractivity contribution in [2.24, 2.45) is 5.92 Å². The van der Waals surface area contributed by atoms with Gasteiger partial charge in [0.1, 0.15) is 11.9 Å². The molecule has 0 bridgehead atoms. The van der Waals surface area contributed by atoms with E-state index in [1.807, 2.05) is 17.0 Å². The van der Waals surface area contributed by atoms with Crippen LogP contribution in [0.3, 0.4) is 0 Å². The minimum Gasteiger partial charge on any atom is -0.486 e. The Labute approximate surface area is 137 Å². The highest BCUT2D eigenvalue weighted by Crippen LogP contribution is 2.38. The molecule has 2 aliphatic heterocycles. The predicted molar refractivity (Wildman–Crippen MR) is 85.1 cm³/mol. The first kappa shape index (κ1) is 14.9. The molecule has 3 fully saturated rings. The average Bonchev–Trinajstić information content (AvgIpc) is 3.31. The van der Waals surface area contributed by atoms with Gasteiger partial charge >= 0.3 is 0 Å². The highest BCUT2D eigenvalue weighted by atomic mass is 16.6. The summed E-state index contributed by atoms with van der Waals surface area (Å²) in [5.41, 5.74) is -0.0940. The van der Waals surface area contributed by atoms with E-state index in [-0.39, 0.29) is 11.7 Å². The van der Waals surface area contributed by atoms with E-state index in [0.29, 0.717) is 18.4 Å². The Morgan fingerprint density at radius 1 is 1.39 bits per heavy atom. The molecule has 0 aromatic carbocycles. The second-order valence-corrected chi connectivity index (χ2v) is 7.16. The van der Waals surface area contributed by atoms with Crippen LogP contribution in [0.4, 0.5) is 0 Å². The number of pyridine rings is 1. The van der Waals surface area contributed by atoms with Gasteiger partial charge < -0.3 is 14.4 Å². The molecule has 1 aliphatic carbocycles. The van der Waals surface area contributed by atoms with Crippen molar-refractivity contribution in [2.75, 3.05) is 19.7 Å². The van der Waals surface area contributed by atoms with Gasteiger partial charge in [-0.2, -0.15) is 0 Å². The minimum absolute atomic E-state index is 0.0907. The van der Waals surface area contributed by atoms with Crippen LogP contribution in [0.25, 0.3) is 0 Å². The van der Waals surface area contributed by atoms with Crippen LogP contribution in [0.5, 0.6) is 5.75 Å². The molecule has 1 spiro atoms. The lowest BCUT2D eigenvalue weighted by molar-refractivity contribution is -0.136. The van der Waals surface area contributed by atoms with Crippen LogP contribution in [0, 0.1) is 5.92 Å². The van der Waals surface area contributed by atoms with Crippen molar-refractivity contribution >= 4 is 5.91 Å². The number of ether oxygens (including phenoxy) is 2. The summed E-state index contributed by atoms with van der Waals surface area (Å²) in [5.74, 6) is 1.80. The third-order valence-electron chi connectivity index (χ3n) is 5.30. The maximum atomic E-state index is 12.2. The fourth-order valence-corrected chi connectivity index (χ4v) is 3.70. The minimum atomic E-state index is -0.0940. The van der Waals surface area contributed by atoms with Gasteiger partial charge in [0.15, 0.2) is 0 Å². The number of rotatable bonds is 4. The summed E-state index contributed by atoms with van der Waals surface area (Å²) in [6, 6.07) is 3.81. The van der Waals surface area contributed by atoms with Crippen molar-refractivity contribution in [2.45, 2.75) is 50.2 Å². The van der Waals surface area contributed by atoms with E-state index in [4.69, 9.17) is 9.47 Å². The second kappa shape index (κ2) is 6.11. The van der Waals surface area contributed by atoms with E-state index < -0.39 is 0 Å². The summed E-state index contributed by atoms with van der Waals surface area (Å²) in [6.45, 7) is 2.28. The van der Waals surface area contributed by atoms with Gasteiger partial charge in [-0.05, 0) is 43.7 Å². The summed E-state index contributed by atoms with van der Waals surface area (Å²) in [6.07, 6.45) is 9.56. The highest BCUT2D eigenvalue weighted by Gasteiger charge is 2.44. The summed E-state index contributed by atoms with van der Waals surface area (Å²) in [4.78, 5) is 18.3. The number of piperidine rings is 1. The highest BCUT2D eigenvalue weighted by molar-refractivity contribution is 5.76. The van der Waals surface area contributed by atoms with Crippen LogP contribution in [-0.2, 0) is 9.53 Å². The predicted octanol–water partition coefficient (Wildman–Crippen LogP) is 2.41. The molecular weight excluding hydrogens is 292 g/mol. The summed E-state index contributed by atoms with van der Waals surface area (Å²) < 4.78 is 12.1. The molecule has 124 valence electrons. The van der Waals surface area contributed by atoms with Crippen molar-refractivity contribution in [1.82, 2.24) is 9.88 Å². The second-order valence-electron chi connectivity index (χ2n) is 7.16. The number of carbonyl (C=O) groups excluding carboxylic acids is 1. The van der Waals surface area contributed by atoms with Gasteiger partial charge in [-0.25, -0.2) is 0 Å². The fraction of sp³-hybridized carbons (Fsp3) is 0.667. The number of likely N-dealkylation sites (tertiary alicyclic amines) is 1. The maximum Gasteiger partial charge on any atom is 0.222 e. The van der Waals surface area contributed by atoms with Crippen LogP contribution >= 0.6 is 0 Å². The zero-order chi connectivity index (χ0) is 15.7. The lowest BCUT2D eigenvalue weighted by Crippen LogP contribution is -2.46. The molecule has 3 aliphatic rings. The number of aromatic nitrogens is 1. The Hall–Kier alpha value is -1.62. The van der Waals surface area contributed by atoms with Crippen molar-refractivity contribution < 1.29 is 14.3 Å². The molecule has 5 heteroatoms. The molecule has 23 heavy (non-hydrogen) atoms. The van der Waals surface area contributed by atoms with E-state index in [0.717, 1.165) is 44.5 Å². The Morgan fingerprint density at radius 2 is 2.22 bits per heavy atom. The first-order valence-corrected chi connectivity index (χ1v) is 8.71. The maximum absolute atomic E-state index is 12.2. The molecule has 1 aromatic heterocycles. The Morgan fingerprint density at radius 3 is 2.91 bits per heavy atom. The molecule has 0 radical (unpaired) electrons. The average molecular weight is 316 g/mol. The van der Waals surface area contributed by atoms with Crippen LogP contribution in [0.15, 0.2) is 24.5 Å². The number of hydrogen-bond acceptors (Lipinski definition) is 4. The van der Waals surface area contributed by atoms with E-state index >= 15 is 0 Å². The molecule has 0 N–H and O–H groups in total. The number of carbonyl (C=O) groups is 1. The van der Waals surface area contributed by atoms with E-state index in [9.17, 15) is 4.79 Å². The van der Waals surface area contributed by atoms with E-state index in [1.54, 1.807) is 12.4 Å². The normalized spacial score (nSPS) is 26.4. The van der Waals surface area contributed by atoms with Gasteiger partial charge in [0.2, 0.25) is 5.91 Å². The fourth-order valence-electron chi connectivity index (χ4n) is 3.70. The third kappa shape index (κ3) is 3.50. The first-order chi connectivity index (χ1) is 11.2. The molecule has 5 nitrogen and oxygen atoms in total. The molecule has 1 amide bonds. The largest absolute Gasteiger partial charge is 0.486 e. The van der Waals surface area contributed by atoms with Gasteiger partial charge in [0, 0.05) is 32.1 Å². The molecule has 4 rings (SSSR count). The van der Waals surface area contributed by atoms with Crippen molar-refractivity contribution in [3.63, 3.8) is 0 Å². The quantitative estimate of drug-likeness (QED) is 0.856. The lowest BCUT2D eigenvalue weighted by Gasteiger charge is -2.38. The molecule has 1 atom stereocenters. The number of hydrogen-bond donors (Lipinski definition) is 0. The van der Waals surface area contributed by atoms with Crippen LogP contribution < -0.4 is 4.74 Å². The lowest BCUT2D eigenvalue weighted by atomic mass is 9.88. The van der Waals surface area contributed by atoms with E-state index in [1.165, 1.54) is 12.8 Å². The molecule has 3 heterocycles. The SMILES string of the molecule is O=C(CC1CC1)N1CCC2(CC1)C[C@@H](Oc1cccnc1)CO2. The van der Waals surface area contributed by atoms with Gasteiger partial charge in [-0.1, -0.05) is 0 Å². The van der Waals surface area contributed by atoms with Crippen molar-refractivity contribution in [1.29, 1.82) is 0 Å².